The van der Waals surface area contributed by atoms with E-state index in [4.69, 9.17) is 9.40 Å². The highest BCUT2D eigenvalue weighted by atomic mass is 32.1. The summed E-state index contributed by atoms with van der Waals surface area (Å²) in [5, 5.41) is 0.989. The Kier molecular flexibility index (Phi) is 5.47. The van der Waals surface area contributed by atoms with Crippen LogP contribution in [0.15, 0.2) is 59.0 Å². The molecule has 30 heavy (non-hydrogen) atoms. The molecule has 0 saturated heterocycles. The zero-order chi connectivity index (χ0) is 21.3. The van der Waals surface area contributed by atoms with Gasteiger partial charge < -0.3 is 4.42 Å². The van der Waals surface area contributed by atoms with Crippen LogP contribution in [0.2, 0.25) is 0 Å². The molecule has 0 aliphatic rings. The highest BCUT2D eigenvalue weighted by Gasteiger charge is 2.30. The number of aryl methyl sites for hydroxylation is 4. The minimum atomic E-state index is -4.36. The van der Waals surface area contributed by atoms with Gasteiger partial charge in [0.15, 0.2) is 0 Å². The van der Waals surface area contributed by atoms with Crippen molar-refractivity contribution >= 4 is 11.3 Å². The fourth-order valence-corrected chi connectivity index (χ4v) is 4.15. The maximum atomic E-state index is 12.8. The number of alkyl halides is 3. The first-order chi connectivity index (χ1) is 14.3. The van der Waals surface area contributed by atoms with E-state index in [1.807, 2.05) is 37.3 Å². The first kappa shape index (κ1) is 20.3. The number of oxazole rings is 1. The topological polar surface area (TPSA) is 38.9 Å². The summed E-state index contributed by atoms with van der Waals surface area (Å²) in [4.78, 5) is 10.3. The van der Waals surface area contributed by atoms with Gasteiger partial charge in [-0.1, -0.05) is 30.3 Å². The molecule has 0 N–H and O–H groups in total. The number of benzene rings is 2. The van der Waals surface area contributed by atoms with E-state index in [1.165, 1.54) is 12.1 Å². The lowest BCUT2D eigenvalue weighted by Gasteiger charge is -2.06. The SMILES string of the molecule is Cc1nc(-c2ccc(C(F)(F)F)cc2)oc1CCc1nc(-c2ccccc2)sc1C. The van der Waals surface area contributed by atoms with Crippen LogP contribution in [0.1, 0.15) is 27.6 Å². The van der Waals surface area contributed by atoms with Gasteiger partial charge in [-0.15, -0.1) is 11.3 Å². The van der Waals surface area contributed by atoms with Gasteiger partial charge in [0.2, 0.25) is 5.89 Å². The van der Waals surface area contributed by atoms with Crippen molar-refractivity contribution in [3.05, 3.63) is 82.2 Å². The van der Waals surface area contributed by atoms with E-state index in [-0.39, 0.29) is 0 Å². The fraction of sp³-hybridized carbons (Fsp3) is 0.217. The third kappa shape index (κ3) is 4.31. The fourth-order valence-electron chi connectivity index (χ4n) is 3.18. The van der Waals surface area contributed by atoms with Crippen LogP contribution in [-0.2, 0) is 19.0 Å². The highest BCUT2D eigenvalue weighted by molar-refractivity contribution is 7.15. The first-order valence-corrected chi connectivity index (χ1v) is 10.3. The van der Waals surface area contributed by atoms with Crippen molar-refractivity contribution in [3.63, 3.8) is 0 Å². The Bertz CT molecular complexity index is 1150. The van der Waals surface area contributed by atoms with Crippen molar-refractivity contribution in [3.8, 4) is 22.0 Å². The zero-order valence-electron chi connectivity index (χ0n) is 16.5. The predicted octanol–water partition coefficient (Wildman–Crippen LogP) is 6.89. The van der Waals surface area contributed by atoms with Crippen molar-refractivity contribution in [2.75, 3.05) is 0 Å². The minimum Gasteiger partial charge on any atom is -0.441 e. The number of hydrogen-bond donors (Lipinski definition) is 0. The smallest absolute Gasteiger partial charge is 0.416 e. The second-order valence-electron chi connectivity index (χ2n) is 6.99. The second kappa shape index (κ2) is 8.07. The molecule has 0 unspecified atom stereocenters. The quantitative estimate of drug-likeness (QED) is 0.348. The lowest BCUT2D eigenvalue weighted by Crippen LogP contribution is -2.03. The average Bonchev–Trinajstić information content (AvgIpc) is 3.29. The summed E-state index contributed by atoms with van der Waals surface area (Å²) in [5.41, 5.74) is 2.68. The molecule has 2 aromatic heterocycles. The number of rotatable bonds is 5. The zero-order valence-corrected chi connectivity index (χ0v) is 17.3. The number of hydrogen-bond acceptors (Lipinski definition) is 4. The first-order valence-electron chi connectivity index (χ1n) is 9.47. The molecule has 3 nitrogen and oxygen atoms in total. The summed E-state index contributed by atoms with van der Waals surface area (Å²) in [6, 6.07) is 14.9. The molecule has 0 aliphatic heterocycles. The summed E-state index contributed by atoms with van der Waals surface area (Å²) in [6.45, 7) is 3.90. The van der Waals surface area contributed by atoms with Crippen molar-refractivity contribution in [2.24, 2.45) is 0 Å². The summed E-state index contributed by atoms with van der Waals surface area (Å²) in [6.07, 6.45) is -3.03. The molecule has 2 aromatic carbocycles. The van der Waals surface area contributed by atoms with Gasteiger partial charge in [0, 0.05) is 22.4 Å². The van der Waals surface area contributed by atoms with Crippen LogP contribution in [0.3, 0.4) is 0 Å². The standard InChI is InChI=1S/C23H19F3N2OS/c1-14-20(29-21(27-14)16-8-10-18(11-9-16)23(24,25)26)13-12-19-15(2)30-22(28-19)17-6-4-3-5-7-17/h3-11H,12-13H2,1-2H3. The molecule has 0 atom stereocenters. The van der Waals surface area contributed by atoms with Gasteiger partial charge in [-0.3, -0.25) is 0 Å². The average molecular weight is 428 g/mol. The third-order valence-electron chi connectivity index (χ3n) is 4.85. The monoisotopic (exact) mass is 428 g/mol. The molecule has 2 heterocycles. The van der Waals surface area contributed by atoms with Crippen LogP contribution in [-0.4, -0.2) is 9.97 Å². The van der Waals surface area contributed by atoms with Gasteiger partial charge in [-0.05, 0) is 44.5 Å². The van der Waals surface area contributed by atoms with Crippen molar-refractivity contribution in [2.45, 2.75) is 32.9 Å². The van der Waals surface area contributed by atoms with Crippen LogP contribution in [0, 0.1) is 13.8 Å². The summed E-state index contributed by atoms with van der Waals surface area (Å²) in [7, 11) is 0. The molecule has 0 fully saturated rings. The normalized spacial score (nSPS) is 11.8. The molecular weight excluding hydrogens is 409 g/mol. The molecule has 4 aromatic rings. The van der Waals surface area contributed by atoms with E-state index in [0.717, 1.165) is 44.7 Å². The van der Waals surface area contributed by atoms with E-state index in [0.29, 0.717) is 24.3 Å². The maximum absolute atomic E-state index is 12.8. The van der Waals surface area contributed by atoms with Crippen LogP contribution < -0.4 is 0 Å². The van der Waals surface area contributed by atoms with Gasteiger partial charge in [-0.25, -0.2) is 9.97 Å². The lowest BCUT2D eigenvalue weighted by atomic mass is 10.1. The molecule has 0 radical (unpaired) electrons. The van der Waals surface area contributed by atoms with Crippen LogP contribution in [0.25, 0.3) is 22.0 Å². The molecule has 7 heteroatoms. The summed E-state index contributed by atoms with van der Waals surface area (Å²) < 4.78 is 44.1. The molecule has 0 amide bonds. The van der Waals surface area contributed by atoms with Gasteiger partial charge in [-0.2, -0.15) is 13.2 Å². The number of halogens is 3. The predicted molar refractivity (Wildman–Crippen MR) is 111 cm³/mol. The van der Waals surface area contributed by atoms with E-state index < -0.39 is 11.7 Å². The molecule has 4 rings (SSSR count). The van der Waals surface area contributed by atoms with Crippen LogP contribution in [0.4, 0.5) is 13.2 Å². The van der Waals surface area contributed by atoms with Crippen molar-refractivity contribution in [1.29, 1.82) is 0 Å². The Morgan fingerprint density at radius 2 is 1.57 bits per heavy atom. The maximum Gasteiger partial charge on any atom is 0.416 e. The van der Waals surface area contributed by atoms with Crippen LogP contribution >= 0.6 is 11.3 Å². The Labute approximate surface area is 176 Å². The van der Waals surface area contributed by atoms with E-state index in [1.54, 1.807) is 11.3 Å². The van der Waals surface area contributed by atoms with Gasteiger partial charge >= 0.3 is 6.18 Å². The summed E-state index contributed by atoms with van der Waals surface area (Å²) >= 11 is 1.66. The minimum absolute atomic E-state index is 0.330. The van der Waals surface area contributed by atoms with E-state index >= 15 is 0 Å². The highest BCUT2D eigenvalue weighted by Crippen LogP contribution is 2.32. The Balaban J connectivity index is 1.49. The van der Waals surface area contributed by atoms with Gasteiger partial charge in [0.05, 0.1) is 17.0 Å². The van der Waals surface area contributed by atoms with Crippen molar-refractivity contribution < 1.29 is 17.6 Å². The van der Waals surface area contributed by atoms with Crippen LogP contribution in [0.5, 0.6) is 0 Å². The third-order valence-corrected chi connectivity index (χ3v) is 5.92. The second-order valence-corrected chi connectivity index (χ2v) is 8.19. The molecular formula is C23H19F3N2OS. The van der Waals surface area contributed by atoms with Gasteiger partial charge in [0.1, 0.15) is 10.8 Å². The van der Waals surface area contributed by atoms with Crippen molar-refractivity contribution in [1.82, 2.24) is 9.97 Å². The molecule has 0 aliphatic carbocycles. The molecule has 0 saturated carbocycles. The number of aromatic nitrogens is 2. The largest absolute Gasteiger partial charge is 0.441 e. The molecule has 0 spiro atoms. The Hall–Kier alpha value is -2.93. The molecule has 0 bridgehead atoms. The Morgan fingerprint density at radius 3 is 2.23 bits per heavy atom. The van der Waals surface area contributed by atoms with E-state index in [2.05, 4.69) is 11.9 Å². The lowest BCUT2D eigenvalue weighted by molar-refractivity contribution is -0.137. The van der Waals surface area contributed by atoms with Gasteiger partial charge in [0.25, 0.3) is 0 Å². The summed E-state index contributed by atoms with van der Waals surface area (Å²) in [5.74, 6) is 1.05. The van der Waals surface area contributed by atoms with E-state index in [9.17, 15) is 13.2 Å². The molecule has 154 valence electrons. The number of nitrogens with zero attached hydrogens (tertiary/aromatic N) is 2. The Morgan fingerprint density at radius 1 is 0.867 bits per heavy atom. The number of thiazole rings is 1.